The van der Waals surface area contributed by atoms with Crippen molar-refractivity contribution in [2.75, 3.05) is 0 Å². The Labute approximate surface area is 104 Å². The van der Waals surface area contributed by atoms with Gasteiger partial charge in [0.2, 0.25) is 0 Å². The number of carbonyl (C=O) groups is 1. The van der Waals surface area contributed by atoms with Gasteiger partial charge in [0.15, 0.2) is 0 Å². The molecule has 4 saturated carbocycles. The first-order chi connectivity index (χ1) is 8.41. The van der Waals surface area contributed by atoms with Crippen LogP contribution in [0.3, 0.4) is 0 Å². The van der Waals surface area contributed by atoms with E-state index in [0.29, 0.717) is 24.2 Å². The smallest absolute Gasteiger partial charge is 0.455 e. The largest absolute Gasteiger partial charge is 0.490 e. The molecule has 4 rings (SSSR count). The van der Waals surface area contributed by atoms with Crippen LogP contribution in [0, 0.1) is 23.7 Å². The summed E-state index contributed by atoms with van der Waals surface area (Å²) in [6, 6.07) is 0. The molecule has 4 aliphatic carbocycles. The molecule has 0 aromatic carbocycles. The van der Waals surface area contributed by atoms with Crippen LogP contribution in [0.4, 0.5) is 13.2 Å². The van der Waals surface area contributed by atoms with E-state index in [1.807, 2.05) is 0 Å². The van der Waals surface area contributed by atoms with Gasteiger partial charge in [-0.25, -0.2) is 4.79 Å². The van der Waals surface area contributed by atoms with Gasteiger partial charge in [0.25, 0.3) is 0 Å². The highest BCUT2D eigenvalue weighted by atomic mass is 19.4. The van der Waals surface area contributed by atoms with E-state index in [4.69, 9.17) is 4.74 Å². The number of hydrogen-bond acceptors (Lipinski definition) is 2. The third-order valence-electron chi connectivity index (χ3n) is 4.85. The van der Waals surface area contributed by atoms with Crippen LogP contribution in [0.2, 0.25) is 0 Å². The fourth-order valence-corrected chi connectivity index (χ4v) is 4.41. The summed E-state index contributed by atoms with van der Waals surface area (Å²) >= 11 is 0. The van der Waals surface area contributed by atoms with Gasteiger partial charge in [-0.1, -0.05) is 0 Å². The lowest BCUT2D eigenvalue weighted by molar-refractivity contribution is -0.208. The molecule has 3 unspecified atom stereocenters. The van der Waals surface area contributed by atoms with Crippen LogP contribution in [0.25, 0.3) is 0 Å². The minimum atomic E-state index is -4.86. The summed E-state index contributed by atoms with van der Waals surface area (Å²) in [6.45, 7) is 0. The Morgan fingerprint density at radius 3 is 1.89 bits per heavy atom. The molecular weight excluding hydrogens is 245 g/mol. The molecule has 5 atom stereocenters. The first kappa shape index (κ1) is 12.3. The summed E-state index contributed by atoms with van der Waals surface area (Å²) in [7, 11) is 0. The van der Waals surface area contributed by atoms with Gasteiger partial charge in [0.1, 0.15) is 6.10 Å². The highest BCUT2D eigenvalue weighted by molar-refractivity contribution is 5.75. The van der Waals surface area contributed by atoms with Crippen molar-refractivity contribution in [1.82, 2.24) is 0 Å². The number of fused-ring (bicyclic) bond motifs is 1. The molecule has 0 N–H and O–H groups in total. The van der Waals surface area contributed by atoms with Crippen molar-refractivity contribution in [2.24, 2.45) is 23.7 Å². The third kappa shape index (κ3) is 2.24. The van der Waals surface area contributed by atoms with Gasteiger partial charge >= 0.3 is 12.1 Å². The fourth-order valence-electron chi connectivity index (χ4n) is 4.41. The highest BCUT2D eigenvalue weighted by Crippen LogP contribution is 2.52. The van der Waals surface area contributed by atoms with Gasteiger partial charge in [0, 0.05) is 0 Å². The number of alkyl halides is 3. The number of hydrogen-bond donors (Lipinski definition) is 0. The van der Waals surface area contributed by atoms with Crippen molar-refractivity contribution in [2.45, 2.75) is 50.8 Å². The Morgan fingerprint density at radius 1 is 0.889 bits per heavy atom. The predicted octanol–water partition coefficient (Wildman–Crippen LogP) is 3.31. The van der Waals surface area contributed by atoms with Gasteiger partial charge in [-0.05, 0) is 62.2 Å². The van der Waals surface area contributed by atoms with E-state index < -0.39 is 18.2 Å². The lowest BCUT2D eigenvalue weighted by Gasteiger charge is -2.38. The second-order valence-corrected chi connectivity index (χ2v) is 6.21. The van der Waals surface area contributed by atoms with E-state index in [1.54, 1.807) is 0 Å². The molecule has 0 aliphatic heterocycles. The Hall–Kier alpha value is -0.740. The zero-order valence-corrected chi connectivity index (χ0v) is 10.1. The third-order valence-corrected chi connectivity index (χ3v) is 4.85. The maximum absolute atomic E-state index is 12.3. The van der Waals surface area contributed by atoms with E-state index in [0.717, 1.165) is 25.7 Å². The Balaban J connectivity index is 1.72. The molecule has 18 heavy (non-hydrogen) atoms. The number of ether oxygens (including phenoxy) is 1. The second kappa shape index (κ2) is 4.14. The van der Waals surface area contributed by atoms with Crippen LogP contribution >= 0.6 is 0 Å². The molecule has 0 aromatic heterocycles. The first-order valence-corrected chi connectivity index (χ1v) is 6.69. The summed E-state index contributed by atoms with van der Waals surface area (Å²) < 4.78 is 41.5. The topological polar surface area (TPSA) is 26.3 Å². The van der Waals surface area contributed by atoms with Crippen molar-refractivity contribution in [3.05, 3.63) is 0 Å². The van der Waals surface area contributed by atoms with E-state index in [2.05, 4.69) is 0 Å². The zero-order chi connectivity index (χ0) is 12.9. The first-order valence-electron chi connectivity index (χ1n) is 6.69. The number of carbonyl (C=O) groups excluding carboxylic acids is 1. The summed E-state index contributed by atoms with van der Waals surface area (Å²) in [4.78, 5) is 11.0. The molecule has 5 heteroatoms. The van der Waals surface area contributed by atoms with Crippen LogP contribution in [0.5, 0.6) is 0 Å². The van der Waals surface area contributed by atoms with Crippen LogP contribution in [-0.4, -0.2) is 18.2 Å². The van der Waals surface area contributed by atoms with Crippen LogP contribution in [-0.2, 0) is 9.53 Å². The second-order valence-electron chi connectivity index (χ2n) is 6.21. The van der Waals surface area contributed by atoms with Crippen molar-refractivity contribution >= 4 is 5.97 Å². The molecule has 0 heterocycles. The van der Waals surface area contributed by atoms with Gasteiger partial charge in [-0.3, -0.25) is 0 Å². The monoisotopic (exact) mass is 262 g/mol. The van der Waals surface area contributed by atoms with E-state index in [-0.39, 0.29) is 5.92 Å². The summed E-state index contributed by atoms with van der Waals surface area (Å²) in [5.74, 6) is -0.0715. The van der Waals surface area contributed by atoms with Crippen molar-refractivity contribution in [3.63, 3.8) is 0 Å². The maximum Gasteiger partial charge on any atom is 0.490 e. The Kier molecular flexibility index (Phi) is 2.83. The molecular formula is C13H17F3O2. The van der Waals surface area contributed by atoms with Crippen LogP contribution < -0.4 is 0 Å². The van der Waals surface area contributed by atoms with E-state index >= 15 is 0 Å². The standard InChI is InChI=1S/C13H17F3O2/c14-13(15,16)12(17)18-11-6-9-2-7-1-8(3-9)5-10(11)4-7/h7-11H,1-6H2/t7-,8+,9?,10?,11?. The fraction of sp³-hybridized carbons (Fsp3) is 0.923. The average molecular weight is 262 g/mol. The molecule has 0 spiro atoms. The van der Waals surface area contributed by atoms with Crippen LogP contribution in [0.1, 0.15) is 38.5 Å². The van der Waals surface area contributed by atoms with Gasteiger partial charge in [-0.2, -0.15) is 13.2 Å². The molecule has 2 nitrogen and oxygen atoms in total. The lowest BCUT2D eigenvalue weighted by atomic mass is 9.68. The molecule has 0 aromatic rings. The lowest BCUT2D eigenvalue weighted by Crippen LogP contribution is -2.35. The van der Waals surface area contributed by atoms with Crippen LogP contribution in [0.15, 0.2) is 0 Å². The Bertz CT molecular complexity index is 339. The van der Waals surface area contributed by atoms with Crippen molar-refractivity contribution in [1.29, 1.82) is 0 Å². The van der Waals surface area contributed by atoms with E-state index in [1.165, 1.54) is 6.42 Å². The number of esters is 1. The summed E-state index contributed by atoms with van der Waals surface area (Å²) in [5.41, 5.74) is 0. The number of rotatable bonds is 1. The average Bonchev–Trinajstić information content (AvgIpc) is 2.42. The predicted molar refractivity (Wildman–Crippen MR) is 57.6 cm³/mol. The van der Waals surface area contributed by atoms with Crippen molar-refractivity contribution in [3.8, 4) is 0 Å². The van der Waals surface area contributed by atoms with Gasteiger partial charge < -0.3 is 4.74 Å². The molecule has 4 fully saturated rings. The summed E-state index contributed by atoms with van der Waals surface area (Å²) in [6.07, 6.45) is 0.640. The maximum atomic E-state index is 12.3. The molecule has 0 radical (unpaired) electrons. The molecule has 102 valence electrons. The van der Waals surface area contributed by atoms with Crippen molar-refractivity contribution < 1.29 is 22.7 Å². The SMILES string of the molecule is O=C(OC1CC2C[C@@H]3CC1C[C@H](C2)C3)C(F)(F)F. The zero-order valence-electron chi connectivity index (χ0n) is 10.1. The molecule has 0 saturated heterocycles. The normalized spacial score (nSPS) is 42.7. The van der Waals surface area contributed by atoms with Gasteiger partial charge in [0.05, 0.1) is 0 Å². The molecule has 4 aliphatic rings. The summed E-state index contributed by atoms with van der Waals surface area (Å²) in [5, 5.41) is 0. The number of halogens is 3. The minimum Gasteiger partial charge on any atom is -0.455 e. The Morgan fingerprint density at radius 2 is 1.39 bits per heavy atom. The van der Waals surface area contributed by atoms with E-state index in [9.17, 15) is 18.0 Å². The highest BCUT2D eigenvalue weighted by Gasteiger charge is 2.48. The van der Waals surface area contributed by atoms with Gasteiger partial charge in [-0.15, -0.1) is 0 Å². The molecule has 4 bridgehead atoms. The minimum absolute atomic E-state index is 0.160. The molecule has 0 amide bonds. The quantitative estimate of drug-likeness (QED) is 0.678.